The van der Waals surface area contributed by atoms with Crippen LogP contribution in [-0.4, -0.2) is 25.3 Å². The van der Waals surface area contributed by atoms with Gasteiger partial charge in [0.05, 0.1) is 0 Å². The SMILES string of the molecule is O=S(=O)(Oc1ccc(-c2ccccc2)cc1)N1CC[C@H]2CC[C@H]1C2. The van der Waals surface area contributed by atoms with Crippen LogP contribution in [0.25, 0.3) is 11.1 Å². The van der Waals surface area contributed by atoms with Crippen LogP contribution in [0.5, 0.6) is 5.75 Å². The van der Waals surface area contributed by atoms with Crippen molar-refractivity contribution in [2.45, 2.75) is 31.7 Å². The molecule has 2 aromatic carbocycles. The average Bonchev–Trinajstić information content (AvgIpc) is 2.96. The molecule has 1 aliphatic heterocycles. The Morgan fingerprint density at radius 3 is 2.33 bits per heavy atom. The molecule has 2 bridgehead atoms. The standard InChI is InChI=1S/C19H21NO3S/c21-24(22,20-13-12-15-6-9-18(20)14-15)23-19-10-7-17(8-11-19)16-4-2-1-3-5-16/h1-5,7-8,10-11,15,18H,6,9,12-14H2/t15-,18+/m1/s1. The summed E-state index contributed by atoms with van der Waals surface area (Å²) in [5, 5.41) is 0. The van der Waals surface area contributed by atoms with Gasteiger partial charge in [-0.1, -0.05) is 42.5 Å². The normalized spacial score (nSPS) is 24.0. The largest absolute Gasteiger partial charge is 0.385 e. The molecule has 24 heavy (non-hydrogen) atoms. The number of hydrogen-bond donors (Lipinski definition) is 0. The summed E-state index contributed by atoms with van der Waals surface area (Å²) in [6, 6.07) is 17.3. The Labute approximate surface area is 143 Å². The first-order valence-electron chi connectivity index (χ1n) is 8.48. The van der Waals surface area contributed by atoms with Gasteiger partial charge in [-0.15, -0.1) is 0 Å². The second-order valence-corrected chi connectivity index (χ2v) is 8.15. The fraction of sp³-hybridized carbons (Fsp3) is 0.368. The summed E-state index contributed by atoms with van der Waals surface area (Å²) < 4.78 is 32.1. The van der Waals surface area contributed by atoms with Crippen LogP contribution in [-0.2, 0) is 10.3 Å². The van der Waals surface area contributed by atoms with E-state index >= 15 is 0 Å². The van der Waals surface area contributed by atoms with E-state index in [1.807, 2.05) is 42.5 Å². The Hall–Kier alpha value is -1.85. The molecule has 0 unspecified atom stereocenters. The summed E-state index contributed by atoms with van der Waals surface area (Å²) in [6.07, 6.45) is 4.03. The van der Waals surface area contributed by atoms with Crippen molar-refractivity contribution in [1.29, 1.82) is 0 Å². The van der Waals surface area contributed by atoms with Crippen LogP contribution in [0.3, 0.4) is 0 Å². The molecule has 0 spiro atoms. The Kier molecular flexibility index (Phi) is 4.06. The summed E-state index contributed by atoms with van der Waals surface area (Å²) in [7, 11) is -3.72. The van der Waals surface area contributed by atoms with Crippen molar-refractivity contribution < 1.29 is 12.6 Å². The van der Waals surface area contributed by atoms with Gasteiger partial charge in [0.15, 0.2) is 0 Å². The summed E-state index contributed by atoms with van der Waals surface area (Å²) in [6.45, 7) is 0.583. The minimum absolute atomic E-state index is 0.123. The lowest BCUT2D eigenvalue weighted by Crippen LogP contribution is -2.44. The fourth-order valence-corrected chi connectivity index (χ4v) is 5.20. The second kappa shape index (κ2) is 6.22. The quantitative estimate of drug-likeness (QED) is 0.847. The van der Waals surface area contributed by atoms with Gasteiger partial charge in [0, 0.05) is 12.6 Å². The van der Waals surface area contributed by atoms with Crippen molar-refractivity contribution in [3.05, 3.63) is 54.6 Å². The number of hydrogen-bond acceptors (Lipinski definition) is 3. The van der Waals surface area contributed by atoms with Crippen molar-refractivity contribution in [1.82, 2.24) is 4.31 Å². The van der Waals surface area contributed by atoms with Crippen LogP contribution in [0, 0.1) is 5.92 Å². The first-order chi connectivity index (χ1) is 11.6. The summed E-state index contributed by atoms with van der Waals surface area (Å²) in [4.78, 5) is 0. The molecular weight excluding hydrogens is 322 g/mol. The van der Waals surface area contributed by atoms with Gasteiger partial charge in [0.2, 0.25) is 0 Å². The monoisotopic (exact) mass is 343 g/mol. The second-order valence-electron chi connectivity index (χ2n) is 6.66. The first kappa shape index (κ1) is 15.7. The molecule has 1 heterocycles. The minimum atomic E-state index is -3.72. The molecule has 4 nitrogen and oxygen atoms in total. The highest BCUT2D eigenvalue weighted by Gasteiger charge is 2.41. The van der Waals surface area contributed by atoms with Crippen LogP contribution in [0.4, 0.5) is 0 Å². The van der Waals surface area contributed by atoms with Gasteiger partial charge in [-0.05, 0) is 54.9 Å². The molecule has 5 heteroatoms. The zero-order chi connectivity index (χ0) is 16.6. The van der Waals surface area contributed by atoms with Crippen molar-refractivity contribution in [3.63, 3.8) is 0 Å². The topological polar surface area (TPSA) is 46.6 Å². The number of piperidine rings is 1. The van der Waals surface area contributed by atoms with E-state index in [1.165, 1.54) is 0 Å². The van der Waals surface area contributed by atoms with Gasteiger partial charge in [-0.25, -0.2) is 0 Å². The third-order valence-electron chi connectivity index (χ3n) is 5.13. The van der Waals surface area contributed by atoms with Crippen LogP contribution in [0.2, 0.25) is 0 Å². The number of benzene rings is 2. The number of nitrogens with zero attached hydrogens (tertiary/aromatic N) is 1. The van der Waals surface area contributed by atoms with E-state index < -0.39 is 10.3 Å². The maximum Gasteiger partial charge on any atom is 0.385 e. The van der Waals surface area contributed by atoms with Crippen molar-refractivity contribution in [3.8, 4) is 16.9 Å². The van der Waals surface area contributed by atoms with E-state index in [9.17, 15) is 8.42 Å². The van der Waals surface area contributed by atoms with Gasteiger partial charge in [0.25, 0.3) is 0 Å². The predicted octanol–water partition coefficient (Wildman–Crippen LogP) is 3.85. The maximum absolute atomic E-state index is 12.6. The van der Waals surface area contributed by atoms with Crippen LogP contribution < -0.4 is 4.18 Å². The molecule has 0 radical (unpaired) electrons. The van der Waals surface area contributed by atoms with Crippen LogP contribution >= 0.6 is 0 Å². The van der Waals surface area contributed by atoms with Crippen molar-refractivity contribution >= 4 is 10.3 Å². The highest BCUT2D eigenvalue weighted by Crippen LogP contribution is 2.38. The minimum Gasteiger partial charge on any atom is -0.371 e. The highest BCUT2D eigenvalue weighted by molar-refractivity contribution is 7.84. The third-order valence-corrected chi connectivity index (χ3v) is 6.59. The molecule has 1 saturated carbocycles. The van der Waals surface area contributed by atoms with Crippen LogP contribution in [0.1, 0.15) is 25.7 Å². The van der Waals surface area contributed by atoms with Gasteiger partial charge < -0.3 is 4.18 Å². The fourth-order valence-electron chi connectivity index (χ4n) is 3.86. The van der Waals surface area contributed by atoms with E-state index in [4.69, 9.17) is 4.18 Å². The summed E-state index contributed by atoms with van der Waals surface area (Å²) >= 11 is 0. The Morgan fingerprint density at radius 1 is 0.875 bits per heavy atom. The first-order valence-corrected chi connectivity index (χ1v) is 9.85. The lowest BCUT2D eigenvalue weighted by molar-refractivity contribution is 0.238. The maximum atomic E-state index is 12.6. The van der Waals surface area contributed by atoms with E-state index in [-0.39, 0.29) is 6.04 Å². The molecule has 0 amide bonds. The Balaban J connectivity index is 1.50. The lowest BCUT2D eigenvalue weighted by atomic mass is 10.0. The molecule has 126 valence electrons. The Bertz CT molecular complexity index is 802. The van der Waals surface area contributed by atoms with E-state index in [0.717, 1.165) is 36.8 Å². The predicted molar refractivity (Wildman–Crippen MR) is 93.9 cm³/mol. The van der Waals surface area contributed by atoms with Crippen molar-refractivity contribution in [2.24, 2.45) is 5.92 Å². The van der Waals surface area contributed by atoms with E-state index in [2.05, 4.69) is 0 Å². The number of rotatable bonds is 4. The molecular formula is C19H21NO3S. The molecule has 0 N–H and O–H groups in total. The van der Waals surface area contributed by atoms with E-state index in [1.54, 1.807) is 16.4 Å². The van der Waals surface area contributed by atoms with Crippen LogP contribution in [0.15, 0.2) is 54.6 Å². The molecule has 0 aromatic heterocycles. The summed E-state index contributed by atoms with van der Waals surface area (Å²) in [5.41, 5.74) is 2.14. The smallest absolute Gasteiger partial charge is 0.371 e. The van der Waals surface area contributed by atoms with Crippen molar-refractivity contribution in [2.75, 3.05) is 6.54 Å². The van der Waals surface area contributed by atoms with Gasteiger partial charge in [0.1, 0.15) is 5.75 Å². The average molecular weight is 343 g/mol. The molecule has 1 saturated heterocycles. The lowest BCUT2D eigenvalue weighted by Gasteiger charge is -2.31. The molecule has 1 aliphatic carbocycles. The molecule has 2 aliphatic rings. The number of fused-ring (bicyclic) bond motifs is 2. The molecule has 2 atom stereocenters. The zero-order valence-electron chi connectivity index (χ0n) is 13.5. The van der Waals surface area contributed by atoms with E-state index in [0.29, 0.717) is 18.2 Å². The molecule has 2 fully saturated rings. The van der Waals surface area contributed by atoms with Gasteiger partial charge in [-0.3, -0.25) is 0 Å². The van der Waals surface area contributed by atoms with Gasteiger partial charge >= 0.3 is 10.3 Å². The molecule has 4 rings (SSSR count). The summed E-state index contributed by atoms with van der Waals surface area (Å²) in [5.74, 6) is 1.07. The third kappa shape index (κ3) is 3.06. The zero-order valence-corrected chi connectivity index (χ0v) is 14.3. The van der Waals surface area contributed by atoms with Gasteiger partial charge in [-0.2, -0.15) is 12.7 Å². The Morgan fingerprint density at radius 2 is 1.58 bits per heavy atom. The highest BCUT2D eigenvalue weighted by atomic mass is 32.2. The molecule has 2 aromatic rings.